The molecule has 1 nitrogen and oxygen atoms in total. The third-order valence-corrected chi connectivity index (χ3v) is 3.08. The first-order valence-corrected chi connectivity index (χ1v) is 5.66. The van der Waals surface area contributed by atoms with Gasteiger partial charge in [0.05, 0.1) is 6.07 Å². The van der Waals surface area contributed by atoms with Crippen molar-refractivity contribution in [3.05, 3.63) is 52.1 Å². The van der Waals surface area contributed by atoms with Crippen molar-refractivity contribution in [1.82, 2.24) is 0 Å². The topological polar surface area (TPSA) is 23.8 Å². The van der Waals surface area contributed by atoms with Crippen molar-refractivity contribution in [1.29, 1.82) is 5.26 Å². The van der Waals surface area contributed by atoms with Crippen molar-refractivity contribution in [3.8, 4) is 6.07 Å². The molecule has 1 aliphatic rings. The quantitative estimate of drug-likeness (QED) is 0.709. The van der Waals surface area contributed by atoms with Gasteiger partial charge in [-0.2, -0.15) is 5.26 Å². The second kappa shape index (κ2) is 4.55. The van der Waals surface area contributed by atoms with Gasteiger partial charge in [-0.3, -0.25) is 0 Å². The zero-order valence-corrected chi connectivity index (χ0v) is 9.88. The highest BCUT2D eigenvalue weighted by molar-refractivity contribution is 6.37. The van der Waals surface area contributed by atoms with E-state index in [0.29, 0.717) is 5.03 Å². The summed E-state index contributed by atoms with van der Waals surface area (Å²) in [6.45, 7) is 2.04. The summed E-state index contributed by atoms with van der Waals surface area (Å²) in [5.74, 6) is 0. The molecule has 0 saturated carbocycles. The Morgan fingerprint density at radius 3 is 2.56 bits per heavy atom. The third kappa shape index (κ3) is 2.03. The van der Waals surface area contributed by atoms with Crippen molar-refractivity contribution in [2.45, 2.75) is 19.8 Å². The van der Waals surface area contributed by atoms with Crippen LogP contribution in [0.5, 0.6) is 0 Å². The number of rotatable bonds is 1. The van der Waals surface area contributed by atoms with Crippen LogP contribution >= 0.6 is 11.6 Å². The minimum atomic E-state index is 0.701. The fraction of sp³-hybridized carbons (Fsp3) is 0.214. The summed E-state index contributed by atoms with van der Waals surface area (Å²) in [6.07, 6.45) is 3.63. The lowest BCUT2D eigenvalue weighted by Crippen LogP contribution is -1.96. The second-order valence-electron chi connectivity index (χ2n) is 3.92. The van der Waals surface area contributed by atoms with E-state index in [2.05, 4.69) is 6.07 Å². The highest BCUT2D eigenvalue weighted by Gasteiger charge is 2.15. The van der Waals surface area contributed by atoms with Crippen LogP contribution in [0.2, 0.25) is 0 Å². The molecule has 0 atom stereocenters. The summed E-state index contributed by atoms with van der Waals surface area (Å²) in [7, 11) is 0. The summed E-state index contributed by atoms with van der Waals surface area (Å²) in [5.41, 5.74) is 3.92. The molecule has 0 N–H and O–H groups in total. The Hall–Kier alpha value is -1.52. The van der Waals surface area contributed by atoms with Crippen LogP contribution in [0.1, 0.15) is 24.0 Å². The molecule has 0 amide bonds. The zero-order chi connectivity index (χ0) is 11.5. The van der Waals surface area contributed by atoms with Gasteiger partial charge in [-0.15, -0.1) is 0 Å². The summed E-state index contributed by atoms with van der Waals surface area (Å²) in [4.78, 5) is 0. The molecule has 0 spiro atoms. The van der Waals surface area contributed by atoms with Crippen molar-refractivity contribution >= 4 is 17.2 Å². The number of aryl methyl sites for hydroxylation is 1. The van der Waals surface area contributed by atoms with E-state index in [0.717, 1.165) is 29.6 Å². The average Bonchev–Trinajstić information content (AvgIpc) is 2.30. The van der Waals surface area contributed by atoms with Gasteiger partial charge >= 0.3 is 0 Å². The normalized spacial score (nSPS) is 15.7. The van der Waals surface area contributed by atoms with E-state index in [-0.39, 0.29) is 0 Å². The summed E-state index contributed by atoms with van der Waals surface area (Å²) in [5, 5.41) is 9.80. The van der Waals surface area contributed by atoms with Crippen molar-refractivity contribution in [2.75, 3.05) is 0 Å². The predicted molar refractivity (Wildman–Crippen MR) is 66.9 cm³/mol. The van der Waals surface area contributed by atoms with Crippen molar-refractivity contribution in [2.24, 2.45) is 0 Å². The molecule has 1 aliphatic carbocycles. The van der Waals surface area contributed by atoms with Crippen LogP contribution in [-0.2, 0) is 0 Å². The molecule has 16 heavy (non-hydrogen) atoms. The lowest BCUT2D eigenvalue weighted by Gasteiger charge is -2.14. The van der Waals surface area contributed by atoms with Gasteiger partial charge in [-0.05, 0) is 25.3 Å². The van der Waals surface area contributed by atoms with Crippen LogP contribution in [0, 0.1) is 18.3 Å². The van der Waals surface area contributed by atoms with Gasteiger partial charge in [0.25, 0.3) is 0 Å². The molecule has 80 valence electrons. The molecule has 0 aromatic heterocycles. The summed E-state index contributed by atoms with van der Waals surface area (Å²) < 4.78 is 0. The Balaban J connectivity index is 2.53. The van der Waals surface area contributed by atoms with Crippen molar-refractivity contribution < 1.29 is 0 Å². The Morgan fingerprint density at radius 1 is 1.25 bits per heavy atom. The molecule has 0 saturated heterocycles. The van der Waals surface area contributed by atoms with Crippen LogP contribution in [0.15, 0.2) is 40.9 Å². The van der Waals surface area contributed by atoms with Gasteiger partial charge in [0, 0.05) is 16.2 Å². The van der Waals surface area contributed by atoms with Crippen molar-refractivity contribution in [3.63, 3.8) is 0 Å². The van der Waals surface area contributed by atoms with Gasteiger partial charge in [0.2, 0.25) is 0 Å². The molecule has 2 heteroatoms. The number of hydrogen-bond acceptors (Lipinski definition) is 1. The van der Waals surface area contributed by atoms with Gasteiger partial charge in [-0.1, -0.05) is 47.5 Å². The average molecular weight is 230 g/mol. The van der Waals surface area contributed by atoms with E-state index in [1.165, 1.54) is 5.56 Å². The Morgan fingerprint density at radius 2 is 1.94 bits per heavy atom. The maximum absolute atomic E-state index is 9.10. The van der Waals surface area contributed by atoms with Gasteiger partial charge in [-0.25, -0.2) is 0 Å². The van der Waals surface area contributed by atoms with E-state index in [1.807, 2.05) is 37.3 Å². The molecule has 0 heterocycles. The van der Waals surface area contributed by atoms with Crippen LogP contribution < -0.4 is 0 Å². The van der Waals surface area contributed by atoms with E-state index < -0.39 is 0 Å². The predicted octanol–water partition coefficient (Wildman–Crippen LogP) is 4.19. The molecule has 2 rings (SSSR count). The van der Waals surface area contributed by atoms with E-state index in [1.54, 1.807) is 0 Å². The largest absolute Gasteiger partial charge is 0.193 e. The maximum atomic E-state index is 9.10. The van der Waals surface area contributed by atoms with Gasteiger partial charge in [0.15, 0.2) is 0 Å². The van der Waals surface area contributed by atoms with E-state index >= 15 is 0 Å². The molecular formula is C14H12ClN. The molecule has 1 aromatic carbocycles. The Labute approximate surface area is 101 Å². The van der Waals surface area contributed by atoms with Crippen LogP contribution in [0.3, 0.4) is 0 Å². The molecule has 0 bridgehead atoms. The van der Waals surface area contributed by atoms with Gasteiger partial charge < -0.3 is 0 Å². The highest BCUT2D eigenvalue weighted by atomic mass is 35.5. The number of hydrogen-bond donors (Lipinski definition) is 0. The van der Waals surface area contributed by atoms with E-state index in [4.69, 9.17) is 16.9 Å². The fourth-order valence-electron chi connectivity index (χ4n) is 1.86. The first kappa shape index (κ1) is 11.0. The third-order valence-electron chi connectivity index (χ3n) is 2.73. The summed E-state index contributed by atoms with van der Waals surface area (Å²) in [6, 6.07) is 10.4. The number of allylic oxidation sites excluding steroid dienone is 4. The smallest absolute Gasteiger partial charge is 0.0954 e. The lowest BCUT2D eigenvalue weighted by molar-refractivity contribution is 0.995. The first-order chi connectivity index (χ1) is 7.72. The number of nitrogens with zero attached hydrogens (tertiary/aromatic N) is 1. The van der Waals surface area contributed by atoms with Crippen LogP contribution in [-0.4, -0.2) is 0 Å². The molecule has 0 aliphatic heterocycles. The minimum absolute atomic E-state index is 0.701. The fourth-order valence-corrected chi connectivity index (χ4v) is 2.19. The number of nitriles is 1. The molecule has 1 aromatic rings. The number of benzene rings is 1. The zero-order valence-electron chi connectivity index (χ0n) is 9.13. The van der Waals surface area contributed by atoms with E-state index in [9.17, 15) is 0 Å². The first-order valence-electron chi connectivity index (χ1n) is 5.28. The minimum Gasteiger partial charge on any atom is -0.193 e. The lowest BCUT2D eigenvalue weighted by atomic mass is 9.92. The highest BCUT2D eigenvalue weighted by Crippen LogP contribution is 2.35. The Kier molecular flexibility index (Phi) is 3.12. The molecule has 0 radical (unpaired) electrons. The second-order valence-corrected chi connectivity index (χ2v) is 4.33. The van der Waals surface area contributed by atoms with Gasteiger partial charge in [0.1, 0.15) is 0 Å². The monoisotopic (exact) mass is 229 g/mol. The SMILES string of the molecule is Cc1ccc(C2=C(C#N)CCC=C2Cl)cc1. The van der Waals surface area contributed by atoms with Crippen LogP contribution in [0.25, 0.3) is 5.57 Å². The Bertz CT molecular complexity index is 501. The number of halogens is 1. The standard InChI is InChI=1S/C14H12ClN/c1-10-5-7-11(8-6-10)14-12(9-16)3-2-4-13(14)15/h4-8H,2-3H2,1H3. The maximum Gasteiger partial charge on any atom is 0.0954 e. The summed E-state index contributed by atoms with van der Waals surface area (Å²) >= 11 is 6.18. The molecule has 0 fully saturated rings. The van der Waals surface area contributed by atoms with Crippen LogP contribution in [0.4, 0.5) is 0 Å². The molecular weight excluding hydrogens is 218 g/mol. The molecule has 0 unspecified atom stereocenters.